The number of carbonyl (C=O) groups is 1. The molecule has 1 aliphatic heterocycles. The molecular weight excluding hydrogens is 410 g/mol. The van der Waals surface area contributed by atoms with Crippen LogP contribution in [0, 0.1) is 0 Å². The standard InChI is InChI=1S/C24H31N3O3S/c1-2-31(29,30)26-24(28)20-10-8-18(9-11-20)17-27-14-12-21(13-15-27)25-23-16-22(23)19-6-4-3-5-7-19/h3-11,21-23,25H,2,12-17H2,1H3,(H,26,28)/t22-,23+/m0/s1. The largest absolute Gasteiger partial charge is 0.311 e. The Morgan fingerprint density at radius 1 is 1.03 bits per heavy atom. The lowest BCUT2D eigenvalue weighted by atomic mass is 10.0. The predicted molar refractivity (Wildman–Crippen MR) is 122 cm³/mol. The van der Waals surface area contributed by atoms with Gasteiger partial charge in [-0.05, 0) is 62.5 Å². The second-order valence-electron chi connectivity index (χ2n) is 8.61. The monoisotopic (exact) mass is 441 g/mol. The molecule has 0 aromatic heterocycles. The normalized spacial score (nSPS) is 22.2. The van der Waals surface area contributed by atoms with Gasteiger partial charge >= 0.3 is 0 Å². The number of amides is 1. The third kappa shape index (κ3) is 5.93. The van der Waals surface area contributed by atoms with E-state index in [2.05, 4.69) is 45.3 Å². The zero-order valence-electron chi connectivity index (χ0n) is 18.0. The van der Waals surface area contributed by atoms with Crippen LogP contribution in [0.3, 0.4) is 0 Å². The SMILES string of the molecule is CCS(=O)(=O)NC(=O)c1ccc(CN2CCC(N[C@@H]3C[C@H]3c3ccccc3)CC2)cc1. The smallest absolute Gasteiger partial charge is 0.264 e. The molecule has 7 heteroatoms. The van der Waals surface area contributed by atoms with E-state index in [1.807, 2.05) is 12.1 Å². The van der Waals surface area contributed by atoms with E-state index in [1.54, 1.807) is 12.1 Å². The van der Waals surface area contributed by atoms with Crippen LogP contribution in [0.15, 0.2) is 54.6 Å². The summed E-state index contributed by atoms with van der Waals surface area (Å²) < 4.78 is 25.2. The van der Waals surface area contributed by atoms with Crippen LogP contribution in [-0.4, -0.2) is 50.2 Å². The quantitative estimate of drug-likeness (QED) is 0.659. The minimum absolute atomic E-state index is 0.116. The number of likely N-dealkylation sites (tertiary alicyclic amines) is 1. The van der Waals surface area contributed by atoms with Gasteiger partial charge in [-0.1, -0.05) is 42.5 Å². The van der Waals surface area contributed by atoms with Crippen molar-refractivity contribution in [1.29, 1.82) is 0 Å². The molecule has 31 heavy (non-hydrogen) atoms. The van der Waals surface area contributed by atoms with Crippen molar-refractivity contribution < 1.29 is 13.2 Å². The van der Waals surface area contributed by atoms with Gasteiger partial charge < -0.3 is 5.32 Å². The number of piperidine rings is 1. The molecule has 0 unspecified atom stereocenters. The summed E-state index contributed by atoms with van der Waals surface area (Å²) in [6, 6.07) is 19.2. The molecule has 2 fully saturated rings. The van der Waals surface area contributed by atoms with Crippen LogP contribution in [0.5, 0.6) is 0 Å². The number of nitrogens with one attached hydrogen (secondary N) is 2. The number of hydrogen-bond donors (Lipinski definition) is 2. The van der Waals surface area contributed by atoms with E-state index >= 15 is 0 Å². The maximum atomic E-state index is 12.1. The molecular formula is C24H31N3O3S. The number of hydrogen-bond acceptors (Lipinski definition) is 5. The van der Waals surface area contributed by atoms with Crippen molar-refractivity contribution in [3.05, 3.63) is 71.3 Å². The highest BCUT2D eigenvalue weighted by molar-refractivity contribution is 7.90. The lowest BCUT2D eigenvalue weighted by Gasteiger charge is -2.32. The maximum absolute atomic E-state index is 12.1. The molecule has 6 nitrogen and oxygen atoms in total. The topological polar surface area (TPSA) is 78.5 Å². The van der Waals surface area contributed by atoms with Crippen LogP contribution in [0.2, 0.25) is 0 Å². The predicted octanol–water partition coefficient (Wildman–Crippen LogP) is 2.88. The molecule has 1 aliphatic carbocycles. The third-order valence-electron chi connectivity index (χ3n) is 6.31. The molecule has 2 N–H and O–H groups in total. The van der Waals surface area contributed by atoms with E-state index < -0.39 is 15.9 Å². The van der Waals surface area contributed by atoms with Crippen LogP contribution < -0.4 is 10.0 Å². The summed E-state index contributed by atoms with van der Waals surface area (Å²) in [7, 11) is -3.54. The fourth-order valence-corrected chi connectivity index (χ4v) is 4.85. The van der Waals surface area contributed by atoms with Crippen LogP contribution >= 0.6 is 0 Å². The minimum atomic E-state index is -3.54. The maximum Gasteiger partial charge on any atom is 0.264 e. The molecule has 2 atom stereocenters. The highest BCUT2D eigenvalue weighted by atomic mass is 32.2. The zero-order valence-corrected chi connectivity index (χ0v) is 18.8. The second kappa shape index (κ2) is 9.51. The van der Waals surface area contributed by atoms with Gasteiger partial charge in [-0.3, -0.25) is 9.69 Å². The number of sulfonamides is 1. The second-order valence-corrected chi connectivity index (χ2v) is 10.6. The van der Waals surface area contributed by atoms with Crippen molar-refractivity contribution in [2.24, 2.45) is 0 Å². The molecule has 166 valence electrons. The van der Waals surface area contributed by atoms with Gasteiger partial charge in [0.05, 0.1) is 5.75 Å². The molecule has 1 heterocycles. The Bertz CT molecular complexity index is 984. The molecule has 2 aliphatic rings. The van der Waals surface area contributed by atoms with E-state index in [0.717, 1.165) is 38.0 Å². The van der Waals surface area contributed by atoms with Crippen molar-refractivity contribution in [3.8, 4) is 0 Å². The van der Waals surface area contributed by atoms with Crippen molar-refractivity contribution >= 4 is 15.9 Å². The van der Waals surface area contributed by atoms with Crippen LogP contribution in [0.25, 0.3) is 0 Å². The minimum Gasteiger partial charge on any atom is -0.311 e. The Morgan fingerprint density at radius 3 is 2.35 bits per heavy atom. The van der Waals surface area contributed by atoms with Gasteiger partial charge in [-0.15, -0.1) is 0 Å². The Labute approximate surface area is 185 Å². The van der Waals surface area contributed by atoms with Crippen LogP contribution in [-0.2, 0) is 16.6 Å². The summed E-state index contributed by atoms with van der Waals surface area (Å²) in [5.74, 6) is -0.0219. The molecule has 2 aromatic carbocycles. The lowest BCUT2D eigenvalue weighted by molar-refractivity contribution is 0.0981. The highest BCUT2D eigenvalue weighted by Gasteiger charge is 2.39. The summed E-state index contributed by atoms with van der Waals surface area (Å²) in [5, 5.41) is 3.85. The number of nitrogens with zero attached hydrogens (tertiary/aromatic N) is 1. The molecule has 1 saturated heterocycles. The molecule has 0 spiro atoms. The van der Waals surface area contributed by atoms with Gasteiger partial charge in [0.2, 0.25) is 10.0 Å². The number of benzene rings is 2. The molecule has 4 rings (SSSR count). The first-order chi connectivity index (χ1) is 14.9. The highest BCUT2D eigenvalue weighted by Crippen LogP contribution is 2.41. The molecule has 2 aromatic rings. The van der Waals surface area contributed by atoms with E-state index in [0.29, 0.717) is 23.6 Å². The van der Waals surface area contributed by atoms with Gasteiger partial charge in [-0.2, -0.15) is 0 Å². The van der Waals surface area contributed by atoms with Gasteiger partial charge in [0.1, 0.15) is 0 Å². The van der Waals surface area contributed by atoms with Crippen LogP contribution in [0.4, 0.5) is 0 Å². The van der Waals surface area contributed by atoms with Crippen molar-refractivity contribution in [3.63, 3.8) is 0 Å². The van der Waals surface area contributed by atoms with Crippen molar-refractivity contribution in [2.75, 3.05) is 18.8 Å². The van der Waals surface area contributed by atoms with Crippen LogP contribution in [0.1, 0.15) is 53.6 Å². The Morgan fingerprint density at radius 2 is 1.71 bits per heavy atom. The summed E-state index contributed by atoms with van der Waals surface area (Å²) in [4.78, 5) is 14.5. The first-order valence-electron chi connectivity index (χ1n) is 11.1. The van der Waals surface area contributed by atoms with E-state index in [4.69, 9.17) is 0 Å². The van der Waals surface area contributed by atoms with Gasteiger partial charge in [0.25, 0.3) is 5.91 Å². The Hall–Kier alpha value is -2.22. The molecule has 1 saturated carbocycles. The van der Waals surface area contributed by atoms with Crippen molar-refractivity contribution in [2.45, 2.75) is 50.7 Å². The first-order valence-corrected chi connectivity index (χ1v) is 12.8. The Kier molecular flexibility index (Phi) is 6.74. The average Bonchev–Trinajstić information content (AvgIpc) is 3.55. The summed E-state index contributed by atoms with van der Waals surface area (Å²) >= 11 is 0. The lowest BCUT2D eigenvalue weighted by Crippen LogP contribution is -2.43. The fraction of sp³-hybridized carbons (Fsp3) is 0.458. The summed E-state index contributed by atoms with van der Waals surface area (Å²) in [6.45, 7) is 4.45. The number of carbonyl (C=O) groups excluding carboxylic acids is 1. The van der Waals surface area contributed by atoms with E-state index in [1.165, 1.54) is 18.9 Å². The van der Waals surface area contributed by atoms with E-state index in [9.17, 15) is 13.2 Å². The van der Waals surface area contributed by atoms with Gasteiger partial charge in [0.15, 0.2) is 0 Å². The van der Waals surface area contributed by atoms with Gasteiger partial charge in [-0.25, -0.2) is 13.1 Å². The summed E-state index contributed by atoms with van der Waals surface area (Å²) in [6.07, 6.45) is 3.53. The Balaban J connectivity index is 1.21. The average molecular weight is 442 g/mol. The number of rotatable bonds is 8. The fourth-order valence-electron chi connectivity index (χ4n) is 4.30. The zero-order chi connectivity index (χ0) is 21.8. The van der Waals surface area contributed by atoms with Gasteiger partial charge in [0, 0.05) is 30.1 Å². The van der Waals surface area contributed by atoms with E-state index in [-0.39, 0.29) is 5.75 Å². The molecule has 1 amide bonds. The first kappa shape index (κ1) is 22.0. The summed E-state index contributed by atoms with van der Waals surface area (Å²) in [5.41, 5.74) is 2.94. The third-order valence-corrected chi connectivity index (χ3v) is 7.56. The molecule has 0 radical (unpaired) electrons. The van der Waals surface area contributed by atoms with Crippen molar-refractivity contribution in [1.82, 2.24) is 14.9 Å². The molecule has 0 bridgehead atoms.